The Balaban J connectivity index is 1.48. The number of carbonyl (C=O) groups excluding carboxylic acids is 5. The van der Waals surface area contributed by atoms with Gasteiger partial charge < -0.3 is 14.4 Å². The number of nitrogens with zero attached hydrogens (tertiary/aromatic N) is 2. The summed E-state index contributed by atoms with van der Waals surface area (Å²) in [5.41, 5.74) is 2.17. The topological polar surface area (TPSA) is 110 Å². The molecule has 228 valence electrons. The number of halogens is 1. The van der Waals surface area contributed by atoms with Crippen molar-refractivity contribution in [2.45, 2.75) is 48.6 Å². The first-order valence-corrected chi connectivity index (χ1v) is 16.0. The largest absolute Gasteiger partial charge is 0.464 e. The number of alkyl halides is 1. The third-order valence-corrected chi connectivity index (χ3v) is 10.7. The highest BCUT2D eigenvalue weighted by molar-refractivity contribution is 9.09. The molecule has 0 aliphatic carbocycles. The van der Waals surface area contributed by atoms with Crippen LogP contribution in [0.2, 0.25) is 0 Å². The Morgan fingerprint density at radius 1 is 0.909 bits per heavy atom. The Morgan fingerprint density at radius 3 is 1.95 bits per heavy atom. The summed E-state index contributed by atoms with van der Waals surface area (Å²) in [6.45, 7) is 2.30. The number of carbonyl (C=O) groups is 5. The van der Waals surface area contributed by atoms with Gasteiger partial charge in [-0.05, 0) is 16.7 Å². The first-order valence-electron chi connectivity index (χ1n) is 14.0. The minimum absolute atomic E-state index is 0.0695. The fourth-order valence-electron chi connectivity index (χ4n) is 5.62. The molecule has 11 heteroatoms. The van der Waals surface area contributed by atoms with Crippen LogP contribution in [0.5, 0.6) is 0 Å². The molecule has 2 aliphatic heterocycles. The molecule has 9 nitrogen and oxygen atoms in total. The van der Waals surface area contributed by atoms with Gasteiger partial charge >= 0.3 is 11.9 Å². The standard InChI is InChI=1S/C33H31BrN2O7S/c1-21(37)35(26(39)18-23-12-6-3-7-13-23)27-30(40)36-29(33(19-34,44-31(27)36)20-42-22(2)38)32(41)43-28(24-14-8-4-9-15-24)25-16-10-5-11-17-25/h3-17,27-29,31H,18-20H2,1-2H3/t27?,29-,31-,33+/m0/s1. The molecule has 5 rings (SSSR count). The van der Waals surface area contributed by atoms with Gasteiger partial charge in [-0.1, -0.05) is 107 Å². The summed E-state index contributed by atoms with van der Waals surface area (Å²) in [6.07, 6.45) is -0.844. The van der Waals surface area contributed by atoms with E-state index in [4.69, 9.17) is 9.47 Å². The number of β-lactam (4-membered cyclic amide) rings is 1. The number of fused-ring (bicyclic) bond motifs is 1. The van der Waals surface area contributed by atoms with E-state index in [0.717, 1.165) is 16.0 Å². The molecule has 0 bridgehead atoms. The Kier molecular flexibility index (Phi) is 9.55. The molecular formula is C33H31BrN2O7S. The smallest absolute Gasteiger partial charge is 0.331 e. The van der Waals surface area contributed by atoms with Crippen molar-refractivity contribution in [1.82, 2.24) is 9.80 Å². The molecule has 0 radical (unpaired) electrons. The summed E-state index contributed by atoms with van der Waals surface area (Å²) < 4.78 is 10.5. The van der Waals surface area contributed by atoms with Crippen LogP contribution in [0, 0.1) is 0 Å². The van der Waals surface area contributed by atoms with Crippen molar-refractivity contribution in [1.29, 1.82) is 0 Å². The molecule has 44 heavy (non-hydrogen) atoms. The van der Waals surface area contributed by atoms with E-state index in [0.29, 0.717) is 5.56 Å². The summed E-state index contributed by atoms with van der Waals surface area (Å²) in [5, 5.41) is -0.590. The maximum atomic E-state index is 14.2. The molecular weight excluding hydrogens is 648 g/mol. The zero-order valence-corrected chi connectivity index (χ0v) is 26.5. The van der Waals surface area contributed by atoms with E-state index in [-0.39, 0.29) is 18.4 Å². The van der Waals surface area contributed by atoms with Crippen LogP contribution in [0.25, 0.3) is 0 Å². The van der Waals surface area contributed by atoms with Crippen molar-refractivity contribution in [3.05, 3.63) is 108 Å². The van der Waals surface area contributed by atoms with Crippen molar-refractivity contribution in [2.75, 3.05) is 11.9 Å². The number of ether oxygens (including phenoxy) is 2. The lowest BCUT2D eigenvalue weighted by atomic mass is 9.93. The van der Waals surface area contributed by atoms with E-state index in [1.165, 1.54) is 30.5 Å². The van der Waals surface area contributed by atoms with Crippen molar-refractivity contribution in [3.63, 3.8) is 0 Å². The van der Waals surface area contributed by atoms with Gasteiger partial charge in [-0.2, -0.15) is 0 Å². The molecule has 0 spiro atoms. The van der Waals surface area contributed by atoms with Crippen LogP contribution in [0.3, 0.4) is 0 Å². The van der Waals surface area contributed by atoms with Crippen molar-refractivity contribution >= 4 is 57.4 Å². The Labute approximate surface area is 268 Å². The monoisotopic (exact) mass is 678 g/mol. The van der Waals surface area contributed by atoms with E-state index in [1.54, 1.807) is 24.3 Å². The fourth-order valence-corrected chi connectivity index (χ4v) is 8.20. The molecule has 2 heterocycles. The number of benzene rings is 3. The SMILES string of the molecule is CC(=O)OC[C@@]1(CBr)S[C@H]2C(N(C(C)=O)C(=O)Cc3ccccc3)C(=O)N2[C@H]1C(=O)OC(c1ccccc1)c1ccccc1. The second-order valence-corrected chi connectivity index (χ2v) is 12.8. The fraction of sp³-hybridized carbons (Fsp3) is 0.303. The first kappa shape index (κ1) is 31.5. The summed E-state index contributed by atoms with van der Waals surface area (Å²) in [7, 11) is 0. The third kappa shape index (κ3) is 6.16. The molecule has 3 aromatic carbocycles. The van der Waals surface area contributed by atoms with Crippen LogP contribution in [0.4, 0.5) is 0 Å². The second-order valence-electron chi connectivity index (χ2n) is 10.7. The van der Waals surface area contributed by atoms with Crippen LogP contribution in [-0.4, -0.2) is 73.6 Å². The summed E-state index contributed by atoms with van der Waals surface area (Å²) in [6, 6.07) is 25.1. The Morgan fingerprint density at radius 2 is 1.45 bits per heavy atom. The van der Waals surface area contributed by atoms with Gasteiger partial charge in [0.25, 0.3) is 5.91 Å². The lowest BCUT2D eigenvalue weighted by molar-refractivity contribution is -0.175. The summed E-state index contributed by atoms with van der Waals surface area (Å²) in [4.78, 5) is 68.5. The molecule has 1 unspecified atom stereocenters. The highest BCUT2D eigenvalue weighted by atomic mass is 79.9. The van der Waals surface area contributed by atoms with Crippen LogP contribution in [0.1, 0.15) is 36.6 Å². The average molecular weight is 680 g/mol. The van der Waals surface area contributed by atoms with Gasteiger partial charge in [0.1, 0.15) is 24.1 Å². The van der Waals surface area contributed by atoms with Gasteiger partial charge in [-0.25, -0.2) is 4.79 Å². The molecule has 2 fully saturated rings. The molecule has 3 amide bonds. The molecule has 4 atom stereocenters. The predicted molar refractivity (Wildman–Crippen MR) is 167 cm³/mol. The quantitative estimate of drug-likeness (QED) is 0.178. The van der Waals surface area contributed by atoms with Gasteiger partial charge in [0.2, 0.25) is 11.8 Å². The molecule has 0 aromatic heterocycles. The zero-order chi connectivity index (χ0) is 31.4. The summed E-state index contributed by atoms with van der Waals surface area (Å²) >= 11 is 4.73. The van der Waals surface area contributed by atoms with Crippen LogP contribution >= 0.6 is 27.7 Å². The number of hydrogen-bond acceptors (Lipinski definition) is 8. The Bertz CT molecular complexity index is 1500. The van der Waals surface area contributed by atoms with Gasteiger partial charge in [0.05, 0.1) is 11.2 Å². The third-order valence-electron chi connectivity index (χ3n) is 7.68. The first-order chi connectivity index (χ1) is 21.2. The van der Waals surface area contributed by atoms with E-state index in [1.807, 2.05) is 66.7 Å². The van der Waals surface area contributed by atoms with Crippen molar-refractivity contribution in [2.24, 2.45) is 0 Å². The van der Waals surface area contributed by atoms with Crippen LogP contribution in [-0.2, 0) is 39.9 Å². The van der Waals surface area contributed by atoms with Crippen LogP contribution < -0.4 is 0 Å². The highest BCUT2D eigenvalue weighted by Crippen LogP contribution is 2.54. The van der Waals surface area contributed by atoms with E-state index < -0.39 is 58.0 Å². The van der Waals surface area contributed by atoms with Gasteiger partial charge in [-0.3, -0.25) is 24.1 Å². The van der Waals surface area contributed by atoms with E-state index in [9.17, 15) is 24.0 Å². The molecule has 0 N–H and O–H groups in total. The second kappa shape index (κ2) is 13.4. The number of esters is 2. The number of imide groups is 1. The number of amides is 3. The number of rotatable bonds is 10. The minimum atomic E-state index is -1.17. The van der Waals surface area contributed by atoms with E-state index in [2.05, 4.69) is 15.9 Å². The minimum Gasteiger partial charge on any atom is -0.464 e. The lowest BCUT2D eigenvalue weighted by Crippen LogP contribution is -2.72. The number of thioether (sulfide) groups is 1. The maximum Gasteiger partial charge on any atom is 0.331 e. The van der Waals surface area contributed by atoms with Gasteiger partial charge in [-0.15, -0.1) is 11.8 Å². The van der Waals surface area contributed by atoms with E-state index >= 15 is 0 Å². The number of hydrogen-bond donors (Lipinski definition) is 0. The van der Waals surface area contributed by atoms with Gasteiger partial charge in [0, 0.05) is 19.2 Å². The summed E-state index contributed by atoms with van der Waals surface area (Å²) in [5.74, 6) is -2.90. The highest BCUT2D eigenvalue weighted by Gasteiger charge is 2.69. The normalized spacial score (nSPS) is 22.1. The van der Waals surface area contributed by atoms with Crippen LogP contribution in [0.15, 0.2) is 91.0 Å². The molecule has 0 saturated carbocycles. The van der Waals surface area contributed by atoms with Crippen molar-refractivity contribution in [3.8, 4) is 0 Å². The Hall–Kier alpha value is -3.96. The molecule has 2 saturated heterocycles. The van der Waals surface area contributed by atoms with Gasteiger partial charge in [0.15, 0.2) is 6.10 Å². The lowest BCUT2D eigenvalue weighted by Gasteiger charge is -2.47. The molecule has 2 aliphatic rings. The maximum absolute atomic E-state index is 14.2. The average Bonchev–Trinajstić information content (AvgIpc) is 3.33. The van der Waals surface area contributed by atoms with Crippen molar-refractivity contribution < 1.29 is 33.4 Å². The molecule has 3 aromatic rings. The predicted octanol–water partition coefficient (Wildman–Crippen LogP) is 4.29. The zero-order valence-electron chi connectivity index (χ0n) is 24.1.